The van der Waals surface area contributed by atoms with Crippen molar-refractivity contribution in [1.82, 2.24) is 4.31 Å². The fourth-order valence-electron chi connectivity index (χ4n) is 1.75. The topological polar surface area (TPSA) is 90.0 Å². The standard InChI is InChI=1S/C13H21N3O4S/c1-10-5-6-11(9-12(10)15(2)3)14-21(19,20)16(4)8-7-13(17)18/h5-6,9,14H,7-8H2,1-4H3,(H,17,18). The molecule has 0 aliphatic carbocycles. The van der Waals surface area contributed by atoms with Crippen LogP contribution in [0.25, 0.3) is 0 Å². The molecule has 21 heavy (non-hydrogen) atoms. The number of carboxylic acid groups (broad SMARTS) is 1. The number of nitrogens with one attached hydrogen (secondary N) is 1. The van der Waals surface area contributed by atoms with E-state index in [2.05, 4.69) is 4.72 Å². The molecule has 0 saturated heterocycles. The molecule has 8 heteroatoms. The average Bonchev–Trinajstić information content (AvgIpc) is 2.37. The van der Waals surface area contributed by atoms with Crippen molar-refractivity contribution < 1.29 is 18.3 Å². The van der Waals surface area contributed by atoms with Crippen LogP contribution in [0.15, 0.2) is 18.2 Å². The third kappa shape index (κ3) is 4.91. The van der Waals surface area contributed by atoms with Gasteiger partial charge in [-0.05, 0) is 24.6 Å². The zero-order valence-corrected chi connectivity index (χ0v) is 13.4. The summed E-state index contributed by atoms with van der Waals surface area (Å²) in [6, 6.07) is 5.23. The Bertz CT molecular complexity index is 614. The fraction of sp³-hybridized carbons (Fsp3) is 0.462. The zero-order valence-electron chi connectivity index (χ0n) is 12.6. The molecule has 0 unspecified atom stereocenters. The van der Waals surface area contributed by atoms with Crippen LogP contribution in [0.3, 0.4) is 0 Å². The largest absolute Gasteiger partial charge is 0.481 e. The Hall–Kier alpha value is -1.80. The van der Waals surface area contributed by atoms with Crippen molar-refractivity contribution in [3.8, 4) is 0 Å². The Morgan fingerprint density at radius 2 is 1.90 bits per heavy atom. The summed E-state index contributed by atoms with van der Waals surface area (Å²) < 4.78 is 27.6. The Kier molecular flexibility index (Phi) is 5.56. The van der Waals surface area contributed by atoms with Crippen LogP contribution >= 0.6 is 0 Å². The van der Waals surface area contributed by atoms with Gasteiger partial charge in [0.2, 0.25) is 0 Å². The van der Waals surface area contributed by atoms with Gasteiger partial charge in [0.05, 0.1) is 12.1 Å². The van der Waals surface area contributed by atoms with Crippen LogP contribution < -0.4 is 9.62 Å². The van der Waals surface area contributed by atoms with Gasteiger partial charge in [0, 0.05) is 33.4 Å². The van der Waals surface area contributed by atoms with Crippen LogP contribution in [0.4, 0.5) is 11.4 Å². The predicted octanol–water partition coefficient (Wildman–Crippen LogP) is 1.12. The molecule has 0 aromatic heterocycles. The molecule has 1 rings (SSSR count). The molecular weight excluding hydrogens is 294 g/mol. The first-order chi connectivity index (χ1) is 9.63. The summed E-state index contributed by atoms with van der Waals surface area (Å²) >= 11 is 0. The monoisotopic (exact) mass is 315 g/mol. The maximum Gasteiger partial charge on any atom is 0.304 e. The summed E-state index contributed by atoms with van der Waals surface area (Å²) in [6.07, 6.45) is -0.242. The first-order valence-corrected chi connectivity index (χ1v) is 7.81. The summed E-state index contributed by atoms with van der Waals surface area (Å²) in [5.41, 5.74) is 2.37. The van der Waals surface area contributed by atoms with Gasteiger partial charge in [-0.3, -0.25) is 9.52 Å². The van der Waals surface area contributed by atoms with E-state index in [1.54, 1.807) is 12.1 Å². The minimum Gasteiger partial charge on any atom is -0.481 e. The lowest BCUT2D eigenvalue weighted by atomic mass is 10.2. The Morgan fingerprint density at radius 1 is 1.29 bits per heavy atom. The van der Waals surface area contributed by atoms with Gasteiger partial charge in [0.25, 0.3) is 0 Å². The SMILES string of the molecule is Cc1ccc(NS(=O)(=O)N(C)CCC(=O)O)cc1N(C)C. The Balaban J connectivity index is 2.89. The number of aliphatic carboxylic acids is 1. The number of anilines is 2. The molecule has 2 N–H and O–H groups in total. The number of hydrogen-bond donors (Lipinski definition) is 2. The molecule has 0 heterocycles. The number of carboxylic acids is 1. The van der Waals surface area contributed by atoms with E-state index in [1.165, 1.54) is 7.05 Å². The highest BCUT2D eigenvalue weighted by Gasteiger charge is 2.18. The van der Waals surface area contributed by atoms with Gasteiger partial charge in [-0.25, -0.2) is 0 Å². The van der Waals surface area contributed by atoms with Crippen LogP contribution in [-0.4, -0.2) is 51.5 Å². The lowest BCUT2D eigenvalue weighted by molar-refractivity contribution is -0.137. The number of hydrogen-bond acceptors (Lipinski definition) is 4. The maximum absolute atomic E-state index is 12.1. The van der Waals surface area contributed by atoms with Crippen molar-refractivity contribution in [3.63, 3.8) is 0 Å². The van der Waals surface area contributed by atoms with Gasteiger partial charge < -0.3 is 10.0 Å². The first-order valence-electron chi connectivity index (χ1n) is 6.37. The normalized spacial score (nSPS) is 11.5. The molecule has 0 bridgehead atoms. The van der Waals surface area contributed by atoms with Gasteiger partial charge in [0.15, 0.2) is 0 Å². The van der Waals surface area contributed by atoms with Crippen molar-refractivity contribution in [3.05, 3.63) is 23.8 Å². The highest BCUT2D eigenvalue weighted by molar-refractivity contribution is 7.90. The third-order valence-corrected chi connectivity index (χ3v) is 4.49. The van der Waals surface area contributed by atoms with Crippen molar-refractivity contribution in [2.45, 2.75) is 13.3 Å². The number of nitrogens with zero attached hydrogens (tertiary/aromatic N) is 2. The van der Waals surface area contributed by atoms with Crippen molar-refractivity contribution >= 4 is 27.6 Å². The molecule has 0 radical (unpaired) electrons. The first kappa shape index (κ1) is 17.3. The van der Waals surface area contributed by atoms with Gasteiger partial charge in [-0.1, -0.05) is 6.07 Å². The van der Waals surface area contributed by atoms with E-state index in [4.69, 9.17) is 5.11 Å². The molecule has 7 nitrogen and oxygen atoms in total. The molecule has 1 aromatic rings. The van der Waals surface area contributed by atoms with Gasteiger partial charge in [-0.2, -0.15) is 12.7 Å². The molecule has 0 fully saturated rings. The van der Waals surface area contributed by atoms with Crippen molar-refractivity contribution in [2.75, 3.05) is 37.3 Å². The molecule has 118 valence electrons. The fourth-order valence-corrected chi connectivity index (χ4v) is 2.67. The molecule has 1 aromatic carbocycles. The van der Waals surface area contributed by atoms with Crippen LogP contribution in [-0.2, 0) is 15.0 Å². The summed E-state index contributed by atoms with van der Waals surface area (Å²) in [5.74, 6) is -1.04. The molecule has 0 saturated carbocycles. The summed E-state index contributed by atoms with van der Waals surface area (Å²) in [6.45, 7) is 1.85. The molecule has 0 amide bonds. The Labute approximate surface area is 125 Å². The number of rotatable bonds is 7. The lowest BCUT2D eigenvalue weighted by Gasteiger charge is -2.20. The highest BCUT2D eigenvalue weighted by atomic mass is 32.2. The minimum atomic E-state index is -3.76. The van der Waals surface area contributed by atoms with Gasteiger partial charge in [-0.15, -0.1) is 0 Å². The number of carbonyl (C=O) groups is 1. The molecule has 0 aliphatic heterocycles. The van der Waals surface area contributed by atoms with E-state index in [0.29, 0.717) is 5.69 Å². The average molecular weight is 315 g/mol. The van der Waals surface area contributed by atoms with Crippen LogP contribution in [0, 0.1) is 6.92 Å². The summed E-state index contributed by atoms with van der Waals surface area (Å²) in [4.78, 5) is 12.4. The highest BCUT2D eigenvalue weighted by Crippen LogP contribution is 2.23. The van der Waals surface area contributed by atoms with E-state index >= 15 is 0 Å². The predicted molar refractivity (Wildman–Crippen MR) is 82.9 cm³/mol. The second-order valence-corrected chi connectivity index (χ2v) is 6.75. The minimum absolute atomic E-state index is 0.0862. The summed E-state index contributed by atoms with van der Waals surface area (Å²) in [7, 11) is 1.33. The van der Waals surface area contributed by atoms with Crippen molar-refractivity contribution in [1.29, 1.82) is 0 Å². The van der Waals surface area contributed by atoms with E-state index < -0.39 is 16.2 Å². The summed E-state index contributed by atoms with van der Waals surface area (Å²) in [5, 5.41) is 8.60. The Morgan fingerprint density at radius 3 is 2.43 bits per heavy atom. The van der Waals surface area contributed by atoms with Crippen molar-refractivity contribution in [2.24, 2.45) is 0 Å². The molecule has 0 aliphatic rings. The van der Waals surface area contributed by atoms with Gasteiger partial charge in [0.1, 0.15) is 0 Å². The van der Waals surface area contributed by atoms with Gasteiger partial charge >= 0.3 is 16.2 Å². The van der Waals surface area contributed by atoms with Crippen LogP contribution in [0.1, 0.15) is 12.0 Å². The molecular formula is C13H21N3O4S. The van der Waals surface area contributed by atoms with Crippen LogP contribution in [0.2, 0.25) is 0 Å². The molecule has 0 atom stereocenters. The smallest absolute Gasteiger partial charge is 0.304 e. The van der Waals surface area contributed by atoms with Crippen LogP contribution in [0.5, 0.6) is 0 Å². The lowest BCUT2D eigenvalue weighted by Crippen LogP contribution is -2.34. The van der Waals surface area contributed by atoms with E-state index in [9.17, 15) is 13.2 Å². The second kappa shape index (κ2) is 6.77. The number of benzene rings is 1. The third-order valence-electron chi connectivity index (χ3n) is 2.99. The molecule has 0 spiro atoms. The van der Waals surface area contributed by atoms with E-state index in [0.717, 1.165) is 15.6 Å². The number of aryl methyl sites for hydroxylation is 1. The van der Waals surface area contributed by atoms with E-state index in [1.807, 2.05) is 32.0 Å². The second-order valence-electron chi connectivity index (χ2n) is 4.97. The van der Waals surface area contributed by atoms with E-state index in [-0.39, 0.29) is 13.0 Å². The quantitative estimate of drug-likeness (QED) is 0.787. The zero-order chi connectivity index (χ0) is 16.2. The maximum atomic E-state index is 12.1.